The SMILES string of the molecule is CC#CCCNc1ccc(C)c(C(F)(F)F)c1. The van der Waals surface area contributed by atoms with Gasteiger partial charge in [0, 0.05) is 18.7 Å². The van der Waals surface area contributed by atoms with E-state index in [-0.39, 0.29) is 5.56 Å². The average molecular weight is 241 g/mol. The van der Waals surface area contributed by atoms with Crippen molar-refractivity contribution >= 4 is 5.69 Å². The fourth-order valence-electron chi connectivity index (χ4n) is 1.43. The summed E-state index contributed by atoms with van der Waals surface area (Å²) in [7, 11) is 0. The van der Waals surface area contributed by atoms with Crippen molar-refractivity contribution in [1.82, 2.24) is 0 Å². The molecule has 0 aliphatic carbocycles. The van der Waals surface area contributed by atoms with E-state index in [4.69, 9.17) is 0 Å². The molecular formula is C13H14F3N. The number of hydrogen-bond acceptors (Lipinski definition) is 1. The predicted molar refractivity (Wildman–Crippen MR) is 62.7 cm³/mol. The smallest absolute Gasteiger partial charge is 0.384 e. The van der Waals surface area contributed by atoms with Crippen LogP contribution in [-0.2, 0) is 6.18 Å². The molecule has 0 radical (unpaired) electrons. The second kappa shape index (κ2) is 5.62. The van der Waals surface area contributed by atoms with Crippen LogP contribution in [-0.4, -0.2) is 6.54 Å². The van der Waals surface area contributed by atoms with Gasteiger partial charge in [0.2, 0.25) is 0 Å². The molecule has 0 atom stereocenters. The minimum Gasteiger partial charge on any atom is -0.384 e. The van der Waals surface area contributed by atoms with Gasteiger partial charge in [0.25, 0.3) is 0 Å². The number of benzene rings is 1. The molecule has 1 aromatic rings. The lowest BCUT2D eigenvalue weighted by atomic mass is 10.1. The van der Waals surface area contributed by atoms with Crippen LogP contribution in [0.5, 0.6) is 0 Å². The zero-order valence-electron chi connectivity index (χ0n) is 9.78. The van der Waals surface area contributed by atoms with Gasteiger partial charge in [0.05, 0.1) is 5.56 Å². The Bertz CT molecular complexity index is 438. The van der Waals surface area contributed by atoms with Crippen molar-refractivity contribution in [2.75, 3.05) is 11.9 Å². The Hall–Kier alpha value is -1.63. The van der Waals surface area contributed by atoms with Gasteiger partial charge in [-0.15, -0.1) is 11.8 Å². The van der Waals surface area contributed by atoms with Crippen molar-refractivity contribution in [3.05, 3.63) is 29.3 Å². The summed E-state index contributed by atoms with van der Waals surface area (Å²) >= 11 is 0. The zero-order chi connectivity index (χ0) is 12.9. The summed E-state index contributed by atoms with van der Waals surface area (Å²) in [6.07, 6.45) is -3.68. The summed E-state index contributed by atoms with van der Waals surface area (Å²) < 4.78 is 37.9. The third-order valence-corrected chi connectivity index (χ3v) is 2.30. The monoisotopic (exact) mass is 241 g/mol. The van der Waals surface area contributed by atoms with Crippen LogP contribution in [0.1, 0.15) is 24.5 Å². The fraction of sp³-hybridized carbons (Fsp3) is 0.385. The molecule has 0 aliphatic heterocycles. The summed E-state index contributed by atoms with van der Waals surface area (Å²) in [5.41, 5.74) is 0.112. The number of aryl methyl sites for hydroxylation is 1. The predicted octanol–water partition coefficient (Wildman–Crippen LogP) is 3.84. The van der Waals surface area contributed by atoms with Gasteiger partial charge in [-0.05, 0) is 31.5 Å². The summed E-state index contributed by atoms with van der Waals surface area (Å²) in [5, 5.41) is 2.92. The highest BCUT2D eigenvalue weighted by Gasteiger charge is 2.32. The van der Waals surface area contributed by atoms with Crippen LogP contribution >= 0.6 is 0 Å². The molecular weight excluding hydrogens is 227 g/mol. The van der Waals surface area contributed by atoms with Crippen LogP contribution in [0.4, 0.5) is 18.9 Å². The maximum absolute atomic E-state index is 12.6. The molecule has 92 valence electrons. The first kappa shape index (κ1) is 13.4. The molecule has 1 nitrogen and oxygen atoms in total. The normalized spacial score (nSPS) is 10.6. The average Bonchev–Trinajstić information content (AvgIpc) is 2.25. The van der Waals surface area contributed by atoms with Crippen molar-refractivity contribution in [3.63, 3.8) is 0 Å². The van der Waals surface area contributed by atoms with Crippen LogP contribution in [0.25, 0.3) is 0 Å². The highest BCUT2D eigenvalue weighted by atomic mass is 19.4. The highest BCUT2D eigenvalue weighted by Crippen LogP contribution is 2.33. The largest absolute Gasteiger partial charge is 0.416 e. The van der Waals surface area contributed by atoms with Gasteiger partial charge < -0.3 is 5.32 Å². The Labute approximate surface area is 99.0 Å². The molecule has 0 saturated carbocycles. The molecule has 0 amide bonds. The van der Waals surface area contributed by atoms with Crippen molar-refractivity contribution in [2.45, 2.75) is 26.4 Å². The number of halogens is 3. The van der Waals surface area contributed by atoms with E-state index in [1.165, 1.54) is 13.0 Å². The number of alkyl halides is 3. The van der Waals surface area contributed by atoms with Gasteiger partial charge in [-0.2, -0.15) is 13.2 Å². The fourth-order valence-corrected chi connectivity index (χ4v) is 1.43. The van der Waals surface area contributed by atoms with E-state index >= 15 is 0 Å². The number of rotatable bonds is 3. The number of hydrogen-bond donors (Lipinski definition) is 1. The van der Waals surface area contributed by atoms with E-state index in [1.807, 2.05) is 0 Å². The summed E-state index contributed by atoms with van der Waals surface area (Å²) in [6, 6.07) is 4.25. The lowest BCUT2D eigenvalue weighted by Gasteiger charge is -2.12. The van der Waals surface area contributed by atoms with E-state index in [0.717, 1.165) is 6.07 Å². The number of anilines is 1. The second-order valence-electron chi connectivity index (χ2n) is 3.63. The summed E-state index contributed by atoms with van der Waals surface area (Å²) in [4.78, 5) is 0. The van der Waals surface area contributed by atoms with Crippen LogP contribution in [0.15, 0.2) is 18.2 Å². The highest BCUT2D eigenvalue weighted by molar-refractivity contribution is 5.49. The van der Waals surface area contributed by atoms with Crippen LogP contribution < -0.4 is 5.32 Å². The van der Waals surface area contributed by atoms with E-state index in [9.17, 15) is 13.2 Å². The van der Waals surface area contributed by atoms with E-state index < -0.39 is 11.7 Å². The molecule has 17 heavy (non-hydrogen) atoms. The first-order valence-electron chi connectivity index (χ1n) is 5.26. The van der Waals surface area contributed by atoms with Gasteiger partial charge in [-0.1, -0.05) is 6.07 Å². The Morgan fingerprint density at radius 1 is 1.29 bits per heavy atom. The molecule has 0 aliphatic rings. The Morgan fingerprint density at radius 3 is 2.59 bits per heavy atom. The molecule has 0 bridgehead atoms. The van der Waals surface area contributed by atoms with Crippen LogP contribution in [0.3, 0.4) is 0 Å². The maximum Gasteiger partial charge on any atom is 0.416 e. The van der Waals surface area contributed by atoms with Gasteiger partial charge in [-0.3, -0.25) is 0 Å². The lowest BCUT2D eigenvalue weighted by Crippen LogP contribution is -2.09. The summed E-state index contributed by atoms with van der Waals surface area (Å²) in [5.74, 6) is 5.57. The molecule has 0 saturated heterocycles. The second-order valence-corrected chi connectivity index (χ2v) is 3.63. The quantitative estimate of drug-likeness (QED) is 0.626. The zero-order valence-corrected chi connectivity index (χ0v) is 9.78. The topological polar surface area (TPSA) is 12.0 Å². The van der Waals surface area contributed by atoms with E-state index in [1.54, 1.807) is 13.0 Å². The standard InChI is InChI=1S/C13H14F3N/c1-3-4-5-8-17-11-7-6-10(2)12(9-11)13(14,15)16/h6-7,9,17H,5,8H2,1-2H3. The van der Waals surface area contributed by atoms with Crippen molar-refractivity contribution < 1.29 is 13.2 Å². The van der Waals surface area contributed by atoms with E-state index in [2.05, 4.69) is 17.2 Å². The molecule has 0 aromatic heterocycles. The van der Waals surface area contributed by atoms with Crippen molar-refractivity contribution in [2.24, 2.45) is 0 Å². The van der Waals surface area contributed by atoms with Crippen molar-refractivity contribution in [1.29, 1.82) is 0 Å². The molecule has 1 aromatic carbocycles. The first-order chi connectivity index (χ1) is 7.95. The minimum absolute atomic E-state index is 0.233. The Kier molecular flexibility index (Phi) is 4.45. The van der Waals surface area contributed by atoms with E-state index in [0.29, 0.717) is 18.7 Å². The lowest BCUT2D eigenvalue weighted by molar-refractivity contribution is -0.138. The summed E-state index contributed by atoms with van der Waals surface area (Å²) in [6.45, 7) is 3.73. The molecule has 1 N–H and O–H groups in total. The minimum atomic E-state index is -4.30. The Morgan fingerprint density at radius 2 is 2.00 bits per heavy atom. The van der Waals surface area contributed by atoms with Crippen LogP contribution in [0.2, 0.25) is 0 Å². The molecule has 0 spiro atoms. The van der Waals surface area contributed by atoms with Gasteiger partial charge in [-0.25, -0.2) is 0 Å². The van der Waals surface area contributed by atoms with Gasteiger partial charge in [0.1, 0.15) is 0 Å². The Balaban J connectivity index is 2.78. The van der Waals surface area contributed by atoms with Gasteiger partial charge >= 0.3 is 6.18 Å². The molecule has 0 heterocycles. The van der Waals surface area contributed by atoms with Gasteiger partial charge in [0.15, 0.2) is 0 Å². The number of nitrogens with one attached hydrogen (secondary N) is 1. The molecule has 0 fully saturated rings. The van der Waals surface area contributed by atoms with Crippen molar-refractivity contribution in [3.8, 4) is 11.8 Å². The molecule has 0 unspecified atom stereocenters. The molecule has 4 heteroatoms. The molecule has 1 rings (SSSR count). The first-order valence-corrected chi connectivity index (χ1v) is 5.26. The third-order valence-electron chi connectivity index (χ3n) is 2.30. The third kappa shape index (κ3) is 4.03. The van der Waals surface area contributed by atoms with Crippen LogP contribution in [0, 0.1) is 18.8 Å². The maximum atomic E-state index is 12.6.